The summed E-state index contributed by atoms with van der Waals surface area (Å²) in [6, 6.07) is 0.0996. The molecule has 0 spiro atoms. The van der Waals surface area contributed by atoms with Crippen LogP contribution in [0.4, 0.5) is 4.79 Å². The Morgan fingerprint density at radius 2 is 2.29 bits per heavy atom. The van der Waals surface area contributed by atoms with Crippen molar-refractivity contribution < 1.29 is 4.79 Å². The Morgan fingerprint density at radius 1 is 1.47 bits per heavy atom. The maximum absolute atomic E-state index is 11.4. The summed E-state index contributed by atoms with van der Waals surface area (Å²) in [4.78, 5) is 17.5. The molecular formula is C12H20N4O. The van der Waals surface area contributed by atoms with E-state index >= 15 is 0 Å². The van der Waals surface area contributed by atoms with E-state index < -0.39 is 0 Å². The lowest BCUT2D eigenvalue weighted by Gasteiger charge is -2.11. The summed E-state index contributed by atoms with van der Waals surface area (Å²) in [6.45, 7) is 3.80. The molecule has 1 rings (SSSR count). The first-order chi connectivity index (χ1) is 8.22. The monoisotopic (exact) mass is 236 g/mol. The lowest BCUT2D eigenvalue weighted by molar-refractivity contribution is 0.240. The average molecular weight is 236 g/mol. The van der Waals surface area contributed by atoms with Gasteiger partial charge in [0.25, 0.3) is 0 Å². The Bertz CT molecular complexity index is 322. The van der Waals surface area contributed by atoms with Crippen molar-refractivity contribution in [1.29, 1.82) is 0 Å². The van der Waals surface area contributed by atoms with Crippen LogP contribution in [0.2, 0.25) is 0 Å². The van der Waals surface area contributed by atoms with Gasteiger partial charge in [0.05, 0.1) is 0 Å². The predicted octanol–water partition coefficient (Wildman–Crippen LogP) is 1.11. The van der Waals surface area contributed by atoms with Crippen molar-refractivity contribution in [3.05, 3.63) is 24.6 Å². The van der Waals surface area contributed by atoms with Gasteiger partial charge in [0.1, 0.15) is 0 Å². The van der Waals surface area contributed by atoms with Crippen LogP contribution in [0.5, 0.6) is 0 Å². The first kappa shape index (κ1) is 13.4. The van der Waals surface area contributed by atoms with Crippen molar-refractivity contribution in [2.75, 3.05) is 20.1 Å². The highest BCUT2D eigenvalue weighted by Crippen LogP contribution is 2.05. The highest BCUT2D eigenvalue weighted by molar-refractivity contribution is 5.75. The molecule has 2 N–H and O–H groups in total. The van der Waals surface area contributed by atoms with E-state index in [1.807, 2.05) is 6.92 Å². The van der Waals surface area contributed by atoms with Crippen LogP contribution in [0.3, 0.4) is 0 Å². The third-order valence-corrected chi connectivity index (χ3v) is 2.47. The molecule has 0 aromatic carbocycles. The molecule has 0 radical (unpaired) electrons. The van der Waals surface area contributed by atoms with Gasteiger partial charge in [-0.1, -0.05) is 0 Å². The molecule has 0 aliphatic carbocycles. The number of likely N-dealkylation sites (N-methyl/N-ethyl adjacent to an activating group) is 1. The molecule has 1 heterocycles. The minimum atomic E-state index is -0.158. The van der Waals surface area contributed by atoms with Gasteiger partial charge in [-0.3, -0.25) is 4.99 Å². The fourth-order valence-electron chi connectivity index (χ4n) is 1.64. The highest BCUT2D eigenvalue weighted by Gasteiger charge is 2.20. The Balaban J connectivity index is 2.17. The summed E-state index contributed by atoms with van der Waals surface area (Å²) in [5, 5.41) is 5.56. The van der Waals surface area contributed by atoms with Gasteiger partial charge in [-0.2, -0.15) is 0 Å². The molecule has 17 heavy (non-hydrogen) atoms. The number of nitrogens with zero attached hydrogens (tertiary/aromatic N) is 2. The number of hydrogen-bond acceptors (Lipinski definition) is 3. The van der Waals surface area contributed by atoms with Crippen LogP contribution in [0.1, 0.15) is 13.3 Å². The molecule has 0 aromatic heterocycles. The SMILES string of the molecule is CC=N/C=C\C=C\NC(=O)N[C@@H]1CCN(C)C1. The molecule has 0 bridgehead atoms. The standard InChI is InChI=1S/C12H20N4O/c1-3-13-7-4-5-8-14-12(17)15-11-6-9-16(2)10-11/h3-5,7-8,11H,6,9-10H2,1-2H3,(H2,14,15,17)/b7-4-,8-5+,13-3?/t11-/m1/s1. The predicted molar refractivity (Wildman–Crippen MR) is 70.0 cm³/mol. The quantitative estimate of drug-likeness (QED) is 0.567. The van der Waals surface area contributed by atoms with E-state index in [1.165, 1.54) is 0 Å². The first-order valence-corrected chi connectivity index (χ1v) is 5.77. The molecule has 2 amide bonds. The molecule has 1 saturated heterocycles. The molecule has 0 unspecified atom stereocenters. The van der Waals surface area contributed by atoms with Crippen molar-refractivity contribution in [2.45, 2.75) is 19.4 Å². The maximum Gasteiger partial charge on any atom is 0.319 e. The van der Waals surface area contributed by atoms with E-state index in [1.54, 1.807) is 30.8 Å². The van der Waals surface area contributed by atoms with Gasteiger partial charge in [-0.25, -0.2) is 4.79 Å². The highest BCUT2D eigenvalue weighted by atomic mass is 16.2. The molecule has 1 aliphatic heterocycles. The zero-order valence-corrected chi connectivity index (χ0v) is 10.4. The minimum absolute atomic E-state index is 0.158. The molecule has 1 fully saturated rings. The topological polar surface area (TPSA) is 56.7 Å². The van der Waals surface area contributed by atoms with Gasteiger partial charge >= 0.3 is 6.03 Å². The van der Waals surface area contributed by atoms with E-state index in [4.69, 9.17) is 0 Å². The number of carbonyl (C=O) groups is 1. The summed E-state index contributed by atoms with van der Waals surface area (Å²) in [5.74, 6) is 0. The molecule has 1 aliphatic rings. The van der Waals surface area contributed by atoms with Crippen LogP contribution in [0, 0.1) is 0 Å². The zero-order valence-electron chi connectivity index (χ0n) is 10.4. The Morgan fingerprint density at radius 3 is 2.94 bits per heavy atom. The van der Waals surface area contributed by atoms with E-state index in [0.29, 0.717) is 0 Å². The lowest BCUT2D eigenvalue weighted by atomic mass is 10.3. The number of carbonyl (C=O) groups excluding carboxylic acids is 1. The fraction of sp³-hybridized carbons (Fsp3) is 0.500. The van der Waals surface area contributed by atoms with Crippen molar-refractivity contribution in [3.8, 4) is 0 Å². The Labute approximate surface area is 102 Å². The zero-order chi connectivity index (χ0) is 12.5. The van der Waals surface area contributed by atoms with Crippen molar-refractivity contribution in [3.63, 3.8) is 0 Å². The molecule has 0 saturated carbocycles. The minimum Gasteiger partial charge on any atom is -0.334 e. The van der Waals surface area contributed by atoms with E-state index in [0.717, 1.165) is 19.5 Å². The Kier molecular flexibility index (Phi) is 6.03. The number of amides is 2. The lowest BCUT2D eigenvalue weighted by Crippen LogP contribution is -2.41. The molecular weight excluding hydrogens is 216 g/mol. The van der Waals surface area contributed by atoms with Crippen LogP contribution in [0.25, 0.3) is 0 Å². The summed E-state index contributed by atoms with van der Waals surface area (Å²) in [7, 11) is 2.05. The third-order valence-electron chi connectivity index (χ3n) is 2.47. The summed E-state index contributed by atoms with van der Waals surface area (Å²) in [6.07, 6.45) is 9.44. The fourth-order valence-corrected chi connectivity index (χ4v) is 1.64. The Hall–Kier alpha value is -1.62. The molecule has 1 atom stereocenters. The number of urea groups is 1. The number of hydrogen-bond donors (Lipinski definition) is 2. The number of nitrogens with one attached hydrogen (secondary N) is 2. The normalized spacial score (nSPS) is 21.9. The van der Waals surface area contributed by atoms with Crippen molar-refractivity contribution in [2.24, 2.45) is 4.99 Å². The van der Waals surface area contributed by atoms with Gasteiger partial charge in [-0.05, 0) is 39.1 Å². The van der Waals surface area contributed by atoms with E-state index in [-0.39, 0.29) is 12.1 Å². The summed E-state index contributed by atoms with van der Waals surface area (Å²) >= 11 is 0. The van der Waals surface area contributed by atoms with Gasteiger partial charge in [0.15, 0.2) is 0 Å². The molecule has 5 nitrogen and oxygen atoms in total. The number of allylic oxidation sites excluding steroid dienone is 2. The third kappa shape index (κ3) is 5.87. The number of likely N-dealkylation sites (tertiary alicyclic amines) is 1. The second-order valence-electron chi connectivity index (χ2n) is 3.97. The van der Waals surface area contributed by atoms with Gasteiger partial charge in [0, 0.05) is 31.2 Å². The van der Waals surface area contributed by atoms with Crippen molar-refractivity contribution in [1.82, 2.24) is 15.5 Å². The summed E-state index contributed by atoms with van der Waals surface area (Å²) < 4.78 is 0. The van der Waals surface area contributed by atoms with Crippen LogP contribution in [0.15, 0.2) is 29.5 Å². The molecule has 94 valence electrons. The van der Waals surface area contributed by atoms with Crippen LogP contribution < -0.4 is 10.6 Å². The van der Waals surface area contributed by atoms with Gasteiger partial charge in [-0.15, -0.1) is 0 Å². The van der Waals surface area contributed by atoms with E-state index in [2.05, 4.69) is 27.6 Å². The summed E-state index contributed by atoms with van der Waals surface area (Å²) in [5.41, 5.74) is 0. The number of aliphatic imine (C=N–C) groups is 1. The van der Waals surface area contributed by atoms with Crippen LogP contribution in [-0.4, -0.2) is 43.3 Å². The average Bonchev–Trinajstić information content (AvgIpc) is 2.69. The molecule has 0 aromatic rings. The van der Waals surface area contributed by atoms with Crippen LogP contribution in [-0.2, 0) is 0 Å². The van der Waals surface area contributed by atoms with Crippen LogP contribution >= 0.6 is 0 Å². The van der Waals surface area contributed by atoms with E-state index in [9.17, 15) is 4.79 Å². The second kappa shape index (κ2) is 7.62. The number of rotatable bonds is 4. The first-order valence-electron chi connectivity index (χ1n) is 5.77. The largest absolute Gasteiger partial charge is 0.334 e. The van der Waals surface area contributed by atoms with Crippen molar-refractivity contribution >= 4 is 12.2 Å². The van der Waals surface area contributed by atoms with Gasteiger partial charge < -0.3 is 15.5 Å². The van der Waals surface area contributed by atoms with Gasteiger partial charge in [0.2, 0.25) is 0 Å². The molecule has 5 heteroatoms. The second-order valence-corrected chi connectivity index (χ2v) is 3.97. The smallest absolute Gasteiger partial charge is 0.319 e. The maximum atomic E-state index is 11.4.